The van der Waals surface area contributed by atoms with Crippen LogP contribution in [0.5, 0.6) is 0 Å². The predicted octanol–water partition coefficient (Wildman–Crippen LogP) is 6.12. The fourth-order valence-electron chi connectivity index (χ4n) is 3.25. The highest BCUT2D eigenvalue weighted by Crippen LogP contribution is 2.35. The largest absolute Gasteiger partial charge is 0.326 e. The van der Waals surface area contributed by atoms with Crippen LogP contribution in [0.3, 0.4) is 0 Å². The zero-order valence-corrected chi connectivity index (χ0v) is 19.3. The first-order valence-corrected chi connectivity index (χ1v) is 11.4. The SMILES string of the molecule is Cc1ccc(N=C2SC(CC(=O)Nc3ccc(Cl)cc3)C(=O)N2c2ccc(C)cc2)cc1. The van der Waals surface area contributed by atoms with E-state index in [0.29, 0.717) is 15.9 Å². The summed E-state index contributed by atoms with van der Waals surface area (Å²) < 4.78 is 0. The smallest absolute Gasteiger partial charge is 0.247 e. The van der Waals surface area contributed by atoms with E-state index in [9.17, 15) is 9.59 Å². The molecule has 1 fully saturated rings. The third-order valence-corrected chi connectivity index (χ3v) is 6.37. The van der Waals surface area contributed by atoms with Gasteiger partial charge in [-0.2, -0.15) is 0 Å². The van der Waals surface area contributed by atoms with Gasteiger partial charge < -0.3 is 5.32 Å². The molecule has 5 nitrogen and oxygen atoms in total. The van der Waals surface area contributed by atoms with Gasteiger partial charge in [0, 0.05) is 17.1 Å². The minimum Gasteiger partial charge on any atom is -0.326 e. The fourth-order valence-corrected chi connectivity index (χ4v) is 4.53. The molecule has 1 aliphatic heterocycles. The molecule has 1 saturated heterocycles. The third kappa shape index (κ3) is 5.21. The van der Waals surface area contributed by atoms with Crippen molar-refractivity contribution >= 4 is 57.4 Å². The van der Waals surface area contributed by atoms with Gasteiger partial charge in [-0.05, 0) is 62.4 Å². The van der Waals surface area contributed by atoms with E-state index in [2.05, 4.69) is 5.32 Å². The van der Waals surface area contributed by atoms with Crippen molar-refractivity contribution < 1.29 is 9.59 Å². The Morgan fingerprint density at radius 2 is 1.56 bits per heavy atom. The minimum absolute atomic E-state index is 0.0431. The van der Waals surface area contributed by atoms with E-state index in [-0.39, 0.29) is 18.2 Å². The van der Waals surface area contributed by atoms with Crippen LogP contribution in [0.25, 0.3) is 0 Å². The number of rotatable bonds is 5. The van der Waals surface area contributed by atoms with Gasteiger partial charge in [-0.3, -0.25) is 14.5 Å². The number of nitrogens with one attached hydrogen (secondary N) is 1. The number of carbonyl (C=O) groups is 2. The number of nitrogens with zero attached hydrogens (tertiary/aromatic N) is 2. The van der Waals surface area contributed by atoms with Crippen LogP contribution in [0.4, 0.5) is 17.1 Å². The number of hydrogen-bond donors (Lipinski definition) is 1. The summed E-state index contributed by atoms with van der Waals surface area (Å²) >= 11 is 7.21. The minimum atomic E-state index is -0.562. The van der Waals surface area contributed by atoms with Crippen LogP contribution in [0.2, 0.25) is 5.02 Å². The van der Waals surface area contributed by atoms with Gasteiger partial charge in [0.15, 0.2) is 5.17 Å². The van der Waals surface area contributed by atoms with Gasteiger partial charge >= 0.3 is 0 Å². The molecular weight excluding hydrogens is 442 g/mol. The number of aliphatic imine (C=N–C) groups is 1. The topological polar surface area (TPSA) is 61.8 Å². The molecule has 0 spiro atoms. The van der Waals surface area contributed by atoms with Gasteiger partial charge in [-0.1, -0.05) is 58.8 Å². The van der Waals surface area contributed by atoms with Crippen molar-refractivity contribution in [1.29, 1.82) is 0 Å². The van der Waals surface area contributed by atoms with Gasteiger partial charge in [0.2, 0.25) is 11.8 Å². The number of carbonyl (C=O) groups excluding carboxylic acids is 2. The molecule has 0 aliphatic carbocycles. The summed E-state index contributed by atoms with van der Waals surface area (Å²) in [5.41, 5.74) is 4.37. The highest BCUT2D eigenvalue weighted by Gasteiger charge is 2.40. The fraction of sp³-hybridized carbons (Fsp3) is 0.160. The standard InChI is InChI=1S/C25H22ClN3O2S/c1-16-3-9-20(10-4-16)28-25-29(21-13-5-17(2)6-14-21)24(31)22(32-25)15-23(30)27-19-11-7-18(26)8-12-19/h3-14,22H,15H2,1-2H3,(H,27,30). The Kier molecular flexibility index (Phi) is 6.63. The second kappa shape index (κ2) is 9.59. The Bertz CT molecular complexity index is 1160. The van der Waals surface area contributed by atoms with E-state index in [1.54, 1.807) is 29.2 Å². The Morgan fingerprint density at radius 1 is 0.969 bits per heavy atom. The number of anilines is 2. The van der Waals surface area contributed by atoms with Gasteiger partial charge in [-0.15, -0.1) is 0 Å². The van der Waals surface area contributed by atoms with Crippen molar-refractivity contribution in [3.05, 3.63) is 88.9 Å². The van der Waals surface area contributed by atoms with Crippen molar-refractivity contribution in [2.24, 2.45) is 4.99 Å². The van der Waals surface area contributed by atoms with Crippen molar-refractivity contribution in [3.8, 4) is 0 Å². The molecule has 162 valence electrons. The summed E-state index contributed by atoms with van der Waals surface area (Å²) in [5.74, 6) is -0.394. The summed E-state index contributed by atoms with van der Waals surface area (Å²) in [7, 11) is 0. The molecule has 1 atom stereocenters. The number of amides is 2. The van der Waals surface area contributed by atoms with E-state index in [1.165, 1.54) is 11.8 Å². The molecule has 0 bridgehead atoms. The zero-order chi connectivity index (χ0) is 22.7. The van der Waals surface area contributed by atoms with Crippen LogP contribution in [-0.2, 0) is 9.59 Å². The number of benzene rings is 3. The maximum Gasteiger partial charge on any atom is 0.247 e. The molecule has 0 radical (unpaired) electrons. The van der Waals surface area contributed by atoms with Crippen molar-refractivity contribution in [1.82, 2.24) is 0 Å². The summed E-state index contributed by atoms with van der Waals surface area (Å²) in [6.45, 7) is 4.01. The monoisotopic (exact) mass is 463 g/mol. The first-order valence-electron chi connectivity index (χ1n) is 10.2. The molecule has 2 amide bonds. The molecule has 1 unspecified atom stereocenters. The molecule has 3 aromatic carbocycles. The number of hydrogen-bond acceptors (Lipinski definition) is 4. The highest BCUT2D eigenvalue weighted by atomic mass is 35.5. The maximum atomic E-state index is 13.3. The van der Waals surface area contributed by atoms with Crippen LogP contribution in [0.15, 0.2) is 77.8 Å². The Hall–Kier alpha value is -3.09. The van der Waals surface area contributed by atoms with Crippen LogP contribution in [0, 0.1) is 13.8 Å². The van der Waals surface area contributed by atoms with Gasteiger partial charge in [0.25, 0.3) is 0 Å². The molecule has 4 rings (SSSR count). The van der Waals surface area contributed by atoms with Gasteiger partial charge in [-0.25, -0.2) is 4.99 Å². The van der Waals surface area contributed by atoms with Gasteiger partial charge in [0.05, 0.1) is 11.4 Å². The van der Waals surface area contributed by atoms with Gasteiger partial charge in [0.1, 0.15) is 5.25 Å². The first kappa shape index (κ1) is 22.1. The third-order valence-electron chi connectivity index (χ3n) is 4.98. The molecule has 1 N–H and O–H groups in total. The average Bonchev–Trinajstić information content (AvgIpc) is 3.06. The van der Waals surface area contributed by atoms with Crippen LogP contribution < -0.4 is 10.2 Å². The summed E-state index contributed by atoms with van der Waals surface area (Å²) in [6.07, 6.45) is 0.0431. The van der Waals surface area contributed by atoms with E-state index in [0.717, 1.165) is 22.5 Å². The van der Waals surface area contributed by atoms with Crippen LogP contribution >= 0.6 is 23.4 Å². The van der Waals surface area contributed by atoms with E-state index >= 15 is 0 Å². The lowest BCUT2D eigenvalue weighted by Gasteiger charge is -2.17. The van der Waals surface area contributed by atoms with E-state index in [4.69, 9.17) is 16.6 Å². The van der Waals surface area contributed by atoms with Crippen LogP contribution in [0.1, 0.15) is 17.5 Å². The normalized spacial score (nSPS) is 17.1. The number of halogens is 1. The summed E-state index contributed by atoms with van der Waals surface area (Å²) in [6, 6.07) is 22.4. The molecule has 7 heteroatoms. The molecular formula is C25H22ClN3O2S. The number of amidine groups is 1. The first-order chi connectivity index (χ1) is 15.4. The second-order valence-electron chi connectivity index (χ2n) is 7.60. The van der Waals surface area contributed by atoms with E-state index < -0.39 is 5.25 Å². The van der Waals surface area contributed by atoms with Crippen molar-refractivity contribution in [2.75, 3.05) is 10.2 Å². The lowest BCUT2D eigenvalue weighted by Crippen LogP contribution is -2.33. The highest BCUT2D eigenvalue weighted by molar-refractivity contribution is 8.16. The lowest BCUT2D eigenvalue weighted by atomic mass is 10.2. The summed E-state index contributed by atoms with van der Waals surface area (Å²) in [4.78, 5) is 32.2. The molecule has 1 aliphatic rings. The maximum absolute atomic E-state index is 13.3. The van der Waals surface area contributed by atoms with Crippen molar-refractivity contribution in [2.45, 2.75) is 25.5 Å². The van der Waals surface area contributed by atoms with Crippen molar-refractivity contribution in [3.63, 3.8) is 0 Å². The predicted molar refractivity (Wildman–Crippen MR) is 133 cm³/mol. The Labute approximate surface area is 196 Å². The lowest BCUT2D eigenvalue weighted by molar-refractivity contribution is -0.121. The number of aryl methyl sites for hydroxylation is 2. The number of thioether (sulfide) groups is 1. The Balaban J connectivity index is 1.58. The van der Waals surface area contributed by atoms with E-state index in [1.807, 2.05) is 62.4 Å². The zero-order valence-electron chi connectivity index (χ0n) is 17.7. The average molecular weight is 464 g/mol. The molecule has 3 aromatic rings. The second-order valence-corrected chi connectivity index (χ2v) is 9.21. The van der Waals surface area contributed by atoms with Crippen LogP contribution in [-0.4, -0.2) is 22.2 Å². The molecule has 0 aromatic heterocycles. The quantitative estimate of drug-likeness (QED) is 0.495. The molecule has 0 saturated carbocycles. The molecule has 32 heavy (non-hydrogen) atoms. The molecule has 1 heterocycles. The summed E-state index contributed by atoms with van der Waals surface area (Å²) in [5, 5.41) is 3.42. The Morgan fingerprint density at radius 3 is 2.19 bits per heavy atom.